The lowest BCUT2D eigenvalue weighted by Crippen LogP contribution is -2.40. The molecule has 0 atom stereocenters. The second-order valence-corrected chi connectivity index (χ2v) is 4.29. The van der Waals surface area contributed by atoms with Gasteiger partial charge in [0.1, 0.15) is 11.6 Å². The van der Waals surface area contributed by atoms with Gasteiger partial charge in [0.15, 0.2) is 0 Å². The summed E-state index contributed by atoms with van der Waals surface area (Å²) in [6.45, 7) is 2.10. The van der Waals surface area contributed by atoms with Crippen molar-refractivity contribution in [3.63, 3.8) is 0 Å². The van der Waals surface area contributed by atoms with E-state index in [1.165, 1.54) is 0 Å². The van der Waals surface area contributed by atoms with Gasteiger partial charge in [-0.2, -0.15) is 0 Å². The average Bonchev–Trinajstić information content (AvgIpc) is 2.30. The zero-order valence-electron chi connectivity index (χ0n) is 9.63. The molecule has 0 unspecified atom stereocenters. The van der Waals surface area contributed by atoms with Gasteiger partial charge in [-0.1, -0.05) is 0 Å². The van der Waals surface area contributed by atoms with Gasteiger partial charge in [-0.3, -0.25) is 10.1 Å². The van der Waals surface area contributed by atoms with Gasteiger partial charge in [-0.05, 0) is 25.1 Å². The Morgan fingerprint density at radius 1 is 1.33 bits per heavy atom. The van der Waals surface area contributed by atoms with E-state index in [-0.39, 0.29) is 10.6 Å². The van der Waals surface area contributed by atoms with Crippen molar-refractivity contribution in [2.24, 2.45) is 0 Å². The topological polar surface area (TPSA) is 58.2 Å². The summed E-state index contributed by atoms with van der Waals surface area (Å²) in [6, 6.07) is 2.37. The Bertz CT molecular complexity index is 455. The van der Waals surface area contributed by atoms with Crippen molar-refractivity contribution in [1.29, 1.82) is 0 Å². The van der Waals surface area contributed by atoms with Crippen LogP contribution in [0.5, 0.6) is 0 Å². The monoisotopic (exact) mass is 274 g/mol. The Kier molecular flexibility index (Phi) is 5.57. The first-order valence-corrected chi connectivity index (χ1v) is 6.17. The summed E-state index contributed by atoms with van der Waals surface area (Å²) in [7, 11) is 0. The van der Waals surface area contributed by atoms with E-state index in [1.54, 1.807) is 6.92 Å². The lowest BCUT2D eigenvalue weighted by atomic mass is 10.3. The Morgan fingerprint density at radius 3 is 2.72 bits per heavy atom. The van der Waals surface area contributed by atoms with Gasteiger partial charge in [0.25, 0.3) is 0 Å². The number of rotatable bonds is 4. The number of thioether (sulfide) groups is 1. The fourth-order valence-corrected chi connectivity index (χ4v) is 1.86. The number of carbonyl (C=O) groups is 2. The molecule has 3 amide bonds. The minimum atomic E-state index is -0.609. The van der Waals surface area contributed by atoms with Crippen molar-refractivity contribution < 1.29 is 18.4 Å². The fraction of sp³-hybridized carbons (Fsp3) is 0.273. The molecule has 1 rings (SSSR count). The molecular weight excluding hydrogens is 262 g/mol. The van der Waals surface area contributed by atoms with Crippen molar-refractivity contribution >= 4 is 23.7 Å². The maximum Gasteiger partial charge on any atom is 0.321 e. The molecule has 0 saturated carbocycles. The first-order chi connectivity index (χ1) is 8.52. The second-order valence-electron chi connectivity index (χ2n) is 3.27. The number of hydrogen-bond donors (Lipinski definition) is 2. The summed E-state index contributed by atoms with van der Waals surface area (Å²) < 4.78 is 26.0. The SMILES string of the molecule is CCNC(=O)NC(=O)CSc1cc(F)ccc1F. The maximum absolute atomic E-state index is 13.2. The highest BCUT2D eigenvalue weighted by molar-refractivity contribution is 8.00. The standard InChI is InChI=1S/C11H12F2N2O2S/c1-2-14-11(17)15-10(16)6-18-9-5-7(12)3-4-8(9)13/h3-5H,2,6H2,1H3,(H2,14,15,16,17). The molecule has 0 aliphatic heterocycles. The van der Waals surface area contributed by atoms with Crippen molar-refractivity contribution in [3.8, 4) is 0 Å². The molecule has 0 saturated heterocycles. The van der Waals surface area contributed by atoms with E-state index in [0.717, 1.165) is 30.0 Å². The van der Waals surface area contributed by atoms with E-state index in [0.29, 0.717) is 6.54 Å². The number of amides is 3. The number of imide groups is 1. The molecule has 0 aliphatic rings. The molecule has 0 bridgehead atoms. The molecule has 7 heteroatoms. The third kappa shape index (κ3) is 4.70. The van der Waals surface area contributed by atoms with Gasteiger partial charge in [0, 0.05) is 11.4 Å². The average molecular weight is 274 g/mol. The fourth-order valence-electron chi connectivity index (χ4n) is 1.10. The molecule has 0 aromatic heterocycles. The van der Waals surface area contributed by atoms with E-state index < -0.39 is 23.6 Å². The summed E-state index contributed by atoms with van der Waals surface area (Å²) >= 11 is 0.822. The Hall–Kier alpha value is -1.63. The molecule has 98 valence electrons. The van der Waals surface area contributed by atoms with Crippen LogP contribution in [0.15, 0.2) is 23.1 Å². The van der Waals surface area contributed by atoms with Gasteiger partial charge >= 0.3 is 6.03 Å². The number of nitrogens with one attached hydrogen (secondary N) is 2. The summed E-state index contributed by atoms with van der Waals surface area (Å²) in [6.07, 6.45) is 0. The van der Waals surface area contributed by atoms with Crippen LogP contribution >= 0.6 is 11.8 Å². The molecule has 2 N–H and O–H groups in total. The largest absolute Gasteiger partial charge is 0.338 e. The summed E-state index contributed by atoms with van der Waals surface area (Å²) in [5, 5.41) is 4.44. The summed E-state index contributed by atoms with van der Waals surface area (Å²) in [5.74, 6) is -1.93. The lowest BCUT2D eigenvalue weighted by molar-refractivity contribution is -0.117. The molecule has 1 aromatic rings. The minimum absolute atomic E-state index is 0.0287. The molecule has 1 aromatic carbocycles. The smallest absolute Gasteiger partial charge is 0.321 e. The van der Waals surface area contributed by atoms with Gasteiger partial charge in [-0.25, -0.2) is 13.6 Å². The highest BCUT2D eigenvalue weighted by Crippen LogP contribution is 2.22. The van der Waals surface area contributed by atoms with Gasteiger partial charge < -0.3 is 5.32 Å². The second kappa shape index (κ2) is 6.95. The quantitative estimate of drug-likeness (QED) is 0.824. The maximum atomic E-state index is 13.2. The highest BCUT2D eigenvalue weighted by atomic mass is 32.2. The predicted octanol–water partition coefficient (Wildman–Crippen LogP) is 1.90. The Morgan fingerprint density at radius 2 is 2.06 bits per heavy atom. The van der Waals surface area contributed by atoms with Crippen molar-refractivity contribution in [2.45, 2.75) is 11.8 Å². The normalized spacial score (nSPS) is 9.94. The van der Waals surface area contributed by atoms with E-state index in [2.05, 4.69) is 10.6 Å². The molecule has 0 radical (unpaired) electrons. The predicted molar refractivity (Wildman–Crippen MR) is 64.3 cm³/mol. The number of benzene rings is 1. The molecular formula is C11H12F2N2O2S. The van der Waals surface area contributed by atoms with E-state index >= 15 is 0 Å². The molecule has 0 heterocycles. The molecule has 0 fully saturated rings. The van der Waals surface area contributed by atoms with Crippen LogP contribution in [0.1, 0.15) is 6.92 Å². The van der Waals surface area contributed by atoms with Gasteiger partial charge in [-0.15, -0.1) is 11.8 Å². The molecule has 0 aliphatic carbocycles. The van der Waals surface area contributed by atoms with E-state index in [9.17, 15) is 18.4 Å². The van der Waals surface area contributed by atoms with Crippen LogP contribution in [-0.2, 0) is 4.79 Å². The first-order valence-electron chi connectivity index (χ1n) is 5.18. The number of urea groups is 1. The first kappa shape index (κ1) is 14.4. The minimum Gasteiger partial charge on any atom is -0.338 e. The van der Waals surface area contributed by atoms with Crippen molar-refractivity contribution in [3.05, 3.63) is 29.8 Å². The van der Waals surface area contributed by atoms with E-state index in [4.69, 9.17) is 0 Å². The van der Waals surface area contributed by atoms with Crippen LogP contribution in [0.4, 0.5) is 13.6 Å². The number of halogens is 2. The van der Waals surface area contributed by atoms with Gasteiger partial charge in [0.05, 0.1) is 5.75 Å². The zero-order valence-corrected chi connectivity index (χ0v) is 10.4. The third-order valence-electron chi connectivity index (χ3n) is 1.84. The van der Waals surface area contributed by atoms with Crippen LogP contribution in [0.2, 0.25) is 0 Å². The number of hydrogen-bond acceptors (Lipinski definition) is 3. The van der Waals surface area contributed by atoms with Crippen LogP contribution in [0.3, 0.4) is 0 Å². The van der Waals surface area contributed by atoms with Crippen LogP contribution in [-0.4, -0.2) is 24.2 Å². The Balaban J connectivity index is 2.47. The zero-order chi connectivity index (χ0) is 13.5. The highest BCUT2D eigenvalue weighted by Gasteiger charge is 2.10. The Labute approximate surface area is 107 Å². The lowest BCUT2D eigenvalue weighted by Gasteiger charge is -2.05. The van der Waals surface area contributed by atoms with Crippen molar-refractivity contribution in [1.82, 2.24) is 10.6 Å². The van der Waals surface area contributed by atoms with Gasteiger partial charge in [0.2, 0.25) is 5.91 Å². The molecule has 0 spiro atoms. The van der Waals surface area contributed by atoms with Crippen LogP contribution in [0.25, 0.3) is 0 Å². The third-order valence-corrected chi connectivity index (χ3v) is 2.87. The molecule has 4 nitrogen and oxygen atoms in total. The van der Waals surface area contributed by atoms with E-state index in [1.807, 2.05) is 0 Å². The molecule has 18 heavy (non-hydrogen) atoms. The summed E-state index contributed by atoms with van der Waals surface area (Å²) in [4.78, 5) is 22.3. The number of carbonyl (C=O) groups excluding carboxylic acids is 2. The van der Waals surface area contributed by atoms with Crippen LogP contribution in [0, 0.1) is 11.6 Å². The van der Waals surface area contributed by atoms with Crippen molar-refractivity contribution in [2.75, 3.05) is 12.3 Å². The van der Waals surface area contributed by atoms with Crippen LogP contribution < -0.4 is 10.6 Å². The summed E-state index contributed by atoms with van der Waals surface area (Å²) in [5.41, 5.74) is 0.